The molecule has 2 rings (SSSR count). The number of aromatic hydroxyl groups is 1. The van der Waals surface area contributed by atoms with Gasteiger partial charge in [-0.05, 0) is 6.07 Å². The van der Waals surface area contributed by atoms with E-state index in [0.29, 0.717) is 13.1 Å². The van der Waals surface area contributed by atoms with Crippen LogP contribution in [0.25, 0.3) is 0 Å². The van der Waals surface area contributed by atoms with E-state index in [4.69, 9.17) is 0 Å². The number of benzene rings is 1. The quantitative estimate of drug-likeness (QED) is 0.813. The smallest absolute Gasteiger partial charge is 0.408 e. The van der Waals surface area contributed by atoms with Crippen molar-refractivity contribution in [2.75, 3.05) is 26.2 Å². The molecule has 1 aromatic rings. The molecule has 3 nitrogen and oxygen atoms in total. The number of nitrogens with zero attached hydrogens (tertiary/aromatic N) is 1. The lowest BCUT2D eigenvalue weighted by Gasteiger charge is -2.36. The molecule has 0 amide bonds. The van der Waals surface area contributed by atoms with Crippen LogP contribution in [0.2, 0.25) is 0 Å². The van der Waals surface area contributed by atoms with Crippen LogP contribution in [0.1, 0.15) is 11.6 Å². The Labute approximate surface area is 107 Å². The highest BCUT2D eigenvalue weighted by molar-refractivity contribution is 5.37. The van der Waals surface area contributed by atoms with Crippen molar-refractivity contribution in [2.45, 2.75) is 12.2 Å². The molecule has 0 bridgehead atoms. The molecule has 0 aromatic heterocycles. The molecular weight excluding hydrogens is 264 g/mol. The van der Waals surface area contributed by atoms with E-state index in [1.54, 1.807) is 0 Å². The van der Waals surface area contributed by atoms with Gasteiger partial charge in [0, 0.05) is 31.7 Å². The van der Waals surface area contributed by atoms with E-state index in [2.05, 4.69) is 5.32 Å². The van der Waals surface area contributed by atoms with Crippen molar-refractivity contribution in [1.29, 1.82) is 0 Å². The standard InChI is InChI=1S/C12H14F4N2O/c13-9-3-1-2-8(10(9)19)11(12(14,15)16)18-6-4-17-5-7-18/h1-3,11,17,19H,4-7H2/t11-/m0/s1. The van der Waals surface area contributed by atoms with Gasteiger partial charge in [0.15, 0.2) is 11.6 Å². The number of phenols is 1. The van der Waals surface area contributed by atoms with Crippen molar-refractivity contribution in [2.24, 2.45) is 0 Å². The number of nitrogens with one attached hydrogen (secondary N) is 1. The lowest BCUT2D eigenvalue weighted by molar-refractivity contribution is -0.188. The molecule has 19 heavy (non-hydrogen) atoms. The van der Waals surface area contributed by atoms with Crippen molar-refractivity contribution >= 4 is 0 Å². The van der Waals surface area contributed by atoms with Crippen LogP contribution in [-0.2, 0) is 0 Å². The van der Waals surface area contributed by atoms with Gasteiger partial charge in [-0.1, -0.05) is 12.1 Å². The minimum absolute atomic E-state index is 0.195. The molecule has 1 aliphatic heterocycles. The van der Waals surface area contributed by atoms with E-state index in [1.165, 1.54) is 11.0 Å². The van der Waals surface area contributed by atoms with Crippen LogP contribution in [0, 0.1) is 5.82 Å². The normalized spacial score (nSPS) is 19.4. The first-order valence-electron chi connectivity index (χ1n) is 5.90. The fraction of sp³-hybridized carbons (Fsp3) is 0.500. The van der Waals surface area contributed by atoms with Crippen LogP contribution in [0.15, 0.2) is 18.2 Å². The highest BCUT2D eigenvalue weighted by Gasteiger charge is 2.46. The summed E-state index contributed by atoms with van der Waals surface area (Å²) in [7, 11) is 0. The van der Waals surface area contributed by atoms with Gasteiger partial charge in [-0.3, -0.25) is 4.90 Å². The first-order valence-corrected chi connectivity index (χ1v) is 5.90. The summed E-state index contributed by atoms with van der Waals surface area (Å²) in [6.07, 6.45) is -4.57. The number of halogens is 4. The monoisotopic (exact) mass is 278 g/mol. The topological polar surface area (TPSA) is 35.5 Å². The molecule has 0 radical (unpaired) electrons. The minimum Gasteiger partial charge on any atom is -0.505 e. The highest BCUT2D eigenvalue weighted by atomic mass is 19.4. The van der Waals surface area contributed by atoms with E-state index in [-0.39, 0.29) is 13.1 Å². The molecule has 0 spiro atoms. The molecule has 1 heterocycles. The average Bonchev–Trinajstić information content (AvgIpc) is 2.35. The van der Waals surface area contributed by atoms with E-state index in [0.717, 1.165) is 12.1 Å². The van der Waals surface area contributed by atoms with Gasteiger partial charge in [0.2, 0.25) is 0 Å². The Morgan fingerprint density at radius 3 is 2.42 bits per heavy atom. The van der Waals surface area contributed by atoms with Gasteiger partial charge in [-0.2, -0.15) is 13.2 Å². The third-order valence-electron chi connectivity index (χ3n) is 3.14. The van der Waals surface area contributed by atoms with Crippen LogP contribution in [0.5, 0.6) is 5.75 Å². The second kappa shape index (κ2) is 5.34. The zero-order chi connectivity index (χ0) is 14.0. The van der Waals surface area contributed by atoms with E-state index in [9.17, 15) is 22.7 Å². The van der Waals surface area contributed by atoms with Gasteiger partial charge in [-0.25, -0.2) is 4.39 Å². The van der Waals surface area contributed by atoms with Crippen molar-refractivity contribution in [1.82, 2.24) is 10.2 Å². The minimum atomic E-state index is -4.57. The maximum Gasteiger partial charge on any atom is 0.408 e. The molecule has 0 aliphatic carbocycles. The summed E-state index contributed by atoms with van der Waals surface area (Å²) >= 11 is 0. The first kappa shape index (κ1) is 14.1. The first-order chi connectivity index (χ1) is 8.91. The molecule has 0 saturated carbocycles. The van der Waals surface area contributed by atoms with Crippen LogP contribution >= 0.6 is 0 Å². The molecule has 1 atom stereocenters. The zero-order valence-corrected chi connectivity index (χ0v) is 10.0. The Kier molecular flexibility index (Phi) is 3.96. The van der Waals surface area contributed by atoms with E-state index < -0.39 is 29.3 Å². The highest BCUT2D eigenvalue weighted by Crippen LogP contribution is 2.41. The van der Waals surface area contributed by atoms with Gasteiger partial charge >= 0.3 is 6.18 Å². The number of alkyl halides is 3. The lowest BCUT2D eigenvalue weighted by atomic mass is 10.0. The average molecular weight is 278 g/mol. The maximum atomic E-state index is 13.2. The molecule has 0 unspecified atom stereocenters. The van der Waals surface area contributed by atoms with Crippen molar-refractivity contribution in [3.8, 4) is 5.75 Å². The fourth-order valence-corrected chi connectivity index (χ4v) is 2.27. The predicted octanol–water partition coefficient (Wildman–Crippen LogP) is 2.04. The van der Waals surface area contributed by atoms with E-state index >= 15 is 0 Å². The Morgan fingerprint density at radius 2 is 1.84 bits per heavy atom. The molecule has 1 aromatic carbocycles. The Bertz CT molecular complexity index is 444. The summed E-state index contributed by atoms with van der Waals surface area (Å²) in [6, 6.07) is 1.24. The van der Waals surface area contributed by atoms with Gasteiger partial charge < -0.3 is 10.4 Å². The summed E-state index contributed by atoms with van der Waals surface area (Å²) in [5.74, 6) is -1.97. The number of piperazine rings is 1. The molecular formula is C12H14F4N2O. The third-order valence-corrected chi connectivity index (χ3v) is 3.14. The van der Waals surface area contributed by atoms with Crippen molar-refractivity contribution < 1.29 is 22.7 Å². The molecule has 106 valence electrons. The maximum absolute atomic E-state index is 13.2. The summed E-state index contributed by atoms with van der Waals surface area (Å²) in [4.78, 5) is 1.20. The Balaban J connectivity index is 2.40. The molecule has 1 saturated heterocycles. The number of hydrogen-bond acceptors (Lipinski definition) is 3. The molecule has 7 heteroatoms. The second-order valence-corrected chi connectivity index (χ2v) is 4.41. The van der Waals surface area contributed by atoms with Crippen molar-refractivity contribution in [3.05, 3.63) is 29.6 Å². The number of rotatable bonds is 2. The summed E-state index contributed by atoms with van der Waals surface area (Å²) in [5.41, 5.74) is -0.436. The van der Waals surface area contributed by atoms with Crippen LogP contribution in [0.3, 0.4) is 0 Å². The van der Waals surface area contributed by atoms with Crippen molar-refractivity contribution in [3.63, 3.8) is 0 Å². The predicted molar refractivity (Wildman–Crippen MR) is 61.3 cm³/mol. The fourth-order valence-electron chi connectivity index (χ4n) is 2.27. The largest absolute Gasteiger partial charge is 0.505 e. The second-order valence-electron chi connectivity index (χ2n) is 4.41. The van der Waals surface area contributed by atoms with Crippen LogP contribution in [0.4, 0.5) is 17.6 Å². The van der Waals surface area contributed by atoms with E-state index in [1.807, 2.05) is 0 Å². The van der Waals surface area contributed by atoms with Crippen LogP contribution in [-0.4, -0.2) is 42.4 Å². The van der Waals surface area contributed by atoms with Crippen LogP contribution < -0.4 is 5.32 Å². The summed E-state index contributed by atoms with van der Waals surface area (Å²) in [6.45, 7) is 1.26. The molecule has 2 N–H and O–H groups in total. The summed E-state index contributed by atoms with van der Waals surface area (Å²) < 4.78 is 52.9. The zero-order valence-electron chi connectivity index (χ0n) is 10.0. The third kappa shape index (κ3) is 2.98. The van der Waals surface area contributed by atoms with Gasteiger partial charge in [0.1, 0.15) is 6.04 Å². The van der Waals surface area contributed by atoms with Gasteiger partial charge in [0.25, 0.3) is 0 Å². The molecule has 1 fully saturated rings. The number of para-hydroxylation sites is 1. The SMILES string of the molecule is Oc1c(F)cccc1[C@H](N1CCNCC1)C(F)(F)F. The Morgan fingerprint density at radius 1 is 1.21 bits per heavy atom. The van der Waals surface area contributed by atoms with Gasteiger partial charge in [0.05, 0.1) is 0 Å². The number of phenolic OH excluding ortho intramolecular Hbond substituents is 1. The Hall–Kier alpha value is -1.34. The van der Waals surface area contributed by atoms with Gasteiger partial charge in [-0.15, -0.1) is 0 Å². The molecule has 1 aliphatic rings. The summed E-state index contributed by atoms with van der Waals surface area (Å²) in [5, 5.41) is 12.5. The lowest BCUT2D eigenvalue weighted by Crippen LogP contribution is -2.49. The number of hydrogen-bond donors (Lipinski definition) is 2.